The summed E-state index contributed by atoms with van der Waals surface area (Å²) in [5.74, 6) is 0.639. The molecule has 0 aliphatic rings. The quantitative estimate of drug-likeness (QED) is 0.711. The molecule has 0 aliphatic heterocycles. The van der Waals surface area contributed by atoms with Gasteiger partial charge in [0.15, 0.2) is 11.5 Å². The lowest BCUT2D eigenvalue weighted by molar-refractivity contribution is 0.251. The second-order valence-electron chi connectivity index (χ2n) is 5.04. The van der Waals surface area contributed by atoms with Gasteiger partial charge in [0.25, 0.3) is 0 Å². The molecule has 1 aromatic rings. The summed E-state index contributed by atoms with van der Waals surface area (Å²) in [4.78, 5) is 2.35. The maximum absolute atomic E-state index is 9.76. The van der Waals surface area contributed by atoms with E-state index in [4.69, 9.17) is 4.74 Å². The van der Waals surface area contributed by atoms with Crippen LogP contribution in [0.5, 0.6) is 11.5 Å². The van der Waals surface area contributed by atoms with Crippen LogP contribution >= 0.6 is 15.9 Å². The molecule has 0 amide bonds. The number of hydrogen-bond acceptors (Lipinski definition) is 4. The van der Waals surface area contributed by atoms with Crippen LogP contribution in [0.4, 0.5) is 0 Å². The number of likely N-dealkylation sites (N-methyl/N-ethyl adjacent to an activating group) is 1. The maximum Gasteiger partial charge on any atom is 0.172 e. The number of phenols is 1. The Hall–Kier alpha value is -0.780. The molecule has 1 atom stereocenters. The lowest BCUT2D eigenvalue weighted by atomic mass is 10.2. The molecule has 5 heteroatoms. The minimum Gasteiger partial charge on any atom is -0.503 e. The van der Waals surface area contributed by atoms with Crippen LogP contribution in [0.15, 0.2) is 16.6 Å². The van der Waals surface area contributed by atoms with Gasteiger partial charge in [-0.3, -0.25) is 0 Å². The van der Waals surface area contributed by atoms with Gasteiger partial charge in [-0.2, -0.15) is 0 Å². The van der Waals surface area contributed by atoms with Crippen molar-refractivity contribution in [3.8, 4) is 11.5 Å². The lowest BCUT2D eigenvalue weighted by Gasteiger charge is -2.23. The van der Waals surface area contributed by atoms with Crippen LogP contribution in [0.1, 0.15) is 25.8 Å². The van der Waals surface area contributed by atoms with Crippen LogP contribution in [-0.2, 0) is 6.54 Å². The van der Waals surface area contributed by atoms with E-state index in [9.17, 15) is 5.11 Å². The normalized spacial score (nSPS) is 12.7. The number of hydrogen-bond donors (Lipinski definition) is 2. The van der Waals surface area contributed by atoms with Gasteiger partial charge in [-0.25, -0.2) is 0 Å². The molecule has 1 rings (SSSR count). The van der Waals surface area contributed by atoms with Crippen LogP contribution in [0.2, 0.25) is 0 Å². The molecule has 0 radical (unpaired) electrons. The minimum atomic E-state index is 0.146. The van der Waals surface area contributed by atoms with E-state index in [1.165, 1.54) is 6.42 Å². The second kappa shape index (κ2) is 8.49. The zero-order valence-corrected chi connectivity index (χ0v) is 14.3. The van der Waals surface area contributed by atoms with E-state index < -0.39 is 0 Å². The van der Waals surface area contributed by atoms with Crippen LogP contribution in [0.25, 0.3) is 0 Å². The predicted octanol–water partition coefficient (Wildman–Crippen LogP) is 2.98. The predicted molar refractivity (Wildman–Crippen MR) is 86.4 cm³/mol. The monoisotopic (exact) mass is 344 g/mol. The number of benzene rings is 1. The lowest BCUT2D eigenvalue weighted by Crippen LogP contribution is -2.34. The van der Waals surface area contributed by atoms with Gasteiger partial charge in [0.05, 0.1) is 11.6 Å². The van der Waals surface area contributed by atoms with E-state index in [-0.39, 0.29) is 5.75 Å². The molecule has 0 saturated heterocycles. The summed E-state index contributed by atoms with van der Waals surface area (Å²) in [6.45, 7) is 7.15. The second-order valence-corrected chi connectivity index (χ2v) is 5.90. The Labute approximate surface area is 130 Å². The number of ether oxygens (including phenoxy) is 1. The molecule has 0 fully saturated rings. The maximum atomic E-state index is 9.76. The summed E-state index contributed by atoms with van der Waals surface area (Å²) in [6, 6.07) is 4.37. The first-order valence-electron chi connectivity index (χ1n) is 6.95. The molecule has 1 unspecified atom stereocenters. The summed E-state index contributed by atoms with van der Waals surface area (Å²) < 4.78 is 5.80. The van der Waals surface area contributed by atoms with E-state index in [0.29, 0.717) is 16.3 Å². The SMILES string of the molecule is CCC(C)N(C)CCNCc1cc(Br)c(O)c(OC)c1. The highest BCUT2D eigenvalue weighted by Crippen LogP contribution is 2.35. The smallest absolute Gasteiger partial charge is 0.172 e. The number of phenolic OH excluding ortho intramolecular Hbond substituents is 1. The number of halogens is 1. The first kappa shape index (κ1) is 17.3. The van der Waals surface area contributed by atoms with Gasteiger partial charge in [-0.15, -0.1) is 0 Å². The third-order valence-corrected chi connectivity index (χ3v) is 4.23. The highest BCUT2D eigenvalue weighted by Gasteiger charge is 2.09. The Bertz CT molecular complexity index is 427. The Morgan fingerprint density at radius 1 is 1.45 bits per heavy atom. The van der Waals surface area contributed by atoms with Gasteiger partial charge in [0.1, 0.15) is 0 Å². The molecule has 0 spiro atoms. The molecular weight excluding hydrogens is 320 g/mol. The summed E-state index contributed by atoms with van der Waals surface area (Å²) in [7, 11) is 3.70. The van der Waals surface area contributed by atoms with Crippen molar-refractivity contribution in [3.05, 3.63) is 22.2 Å². The standard InChI is InChI=1S/C15H25BrN2O2/c1-5-11(2)18(3)7-6-17-10-12-8-13(16)15(19)14(9-12)20-4/h8-9,11,17,19H,5-7,10H2,1-4H3. The largest absolute Gasteiger partial charge is 0.503 e. The molecule has 0 heterocycles. The molecule has 0 saturated carbocycles. The van der Waals surface area contributed by atoms with Crippen LogP contribution in [-0.4, -0.2) is 43.3 Å². The molecule has 2 N–H and O–H groups in total. The third kappa shape index (κ3) is 4.96. The van der Waals surface area contributed by atoms with E-state index in [0.717, 1.165) is 25.2 Å². The molecule has 0 aliphatic carbocycles. The highest BCUT2D eigenvalue weighted by molar-refractivity contribution is 9.10. The number of nitrogens with one attached hydrogen (secondary N) is 1. The van der Waals surface area contributed by atoms with Crippen molar-refractivity contribution in [1.82, 2.24) is 10.2 Å². The number of methoxy groups -OCH3 is 1. The van der Waals surface area contributed by atoms with Gasteiger partial charge in [0.2, 0.25) is 0 Å². The molecule has 114 valence electrons. The number of nitrogens with zero attached hydrogens (tertiary/aromatic N) is 1. The Balaban J connectivity index is 2.45. The van der Waals surface area contributed by atoms with Crippen LogP contribution < -0.4 is 10.1 Å². The summed E-state index contributed by atoms with van der Waals surface area (Å²) in [5, 5.41) is 13.2. The third-order valence-electron chi connectivity index (χ3n) is 3.62. The fourth-order valence-corrected chi connectivity index (χ4v) is 2.39. The summed E-state index contributed by atoms with van der Waals surface area (Å²) >= 11 is 3.33. The van der Waals surface area contributed by atoms with Gasteiger partial charge in [0, 0.05) is 25.7 Å². The fourth-order valence-electron chi connectivity index (χ4n) is 1.91. The molecule has 20 heavy (non-hydrogen) atoms. The van der Waals surface area contributed by atoms with Crippen molar-refractivity contribution >= 4 is 15.9 Å². The van der Waals surface area contributed by atoms with E-state index >= 15 is 0 Å². The average molecular weight is 345 g/mol. The van der Waals surface area contributed by atoms with Crippen LogP contribution in [0, 0.1) is 0 Å². The molecule has 0 bridgehead atoms. The van der Waals surface area contributed by atoms with E-state index in [2.05, 4.69) is 47.0 Å². The highest BCUT2D eigenvalue weighted by atomic mass is 79.9. The zero-order chi connectivity index (χ0) is 15.1. The molecule has 0 aromatic heterocycles. The molecular formula is C15H25BrN2O2. The van der Waals surface area contributed by atoms with Crippen molar-refractivity contribution in [3.63, 3.8) is 0 Å². The van der Waals surface area contributed by atoms with E-state index in [1.54, 1.807) is 7.11 Å². The van der Waals surface area contributed by atoms with Crippen molar-refractivity contribution in [2.24, 2.45) is 0 Å². The van der Waals surface area contributed by atoms with E-state index in [1.807, 2.05) is 12.1 Å². The molecule has 4 nitrogen and oxygen atoms in total. The number of aromatic hydroxyl groups is 1. The van der Waals surface area contributed by atoms with Gasteiger partial charge >= 0.3 is 0 Å². The molecule has 1 aromatic carbocycles. The van der Waals surface area contributed by atoms with Crippen molar-refractivity contribution < 1.29 is 9.84 Å². The first-order chi connectivity index (χ1) is 9.49. The van der Waals surface area contributed by atoms with Gasteiger partial charge < -0.3 is 20.1 Å². The fraction of sp³-hybridized carbons (Fsp3) is 0.600. The zero-order valence-electron chi connectivity index (χ0n) is 12.7. The Kier molecular flexibility index (Phi) is 7.34. The summed E-state index contributed by atoms with van der Waals surface area (Å²) in [5.41, 5.74) is 1.08. The van der Waals surface area contributed by atoms with Crippen LogP contribution in [0.3, 0.4) is 0 Å². The number of rotatable bonds is 8. The topological polar surface area (TPSA) is 44.7 Å². The van der Waals surface area contributed by atoms with Crippen molar-refractivity contribution in [2.75, 3.05) is 27.2 Å². The summed E-state index contributed by atoms with van der Waals surface area (Å²) in [6.07, 6.45) is 1.17. The minimum absolute atomic E-state index is 0.146. The van der Waals surface area contributed by atoms with Crippen molar-refractivity contribution in [2.45, 2.75) is 32.9 Å². The Morgan fingerprint density at radius 3 is 2.75 bits per heavy atom. The van der Waals surface area contributed by atoms with Gasteiger partial charge in [-0.05, 0) is 54.0 Å². The first-order valence-corrected chi connectivity index (χ1v) is 7.75. The van der Waals surface area contributed by atoms with Crippen molar-refractivity contribution in [1.29, 1.82) is 0 Å². The average Bonchev–Trinajstić information content (AvgIpc) is 2.45. The van der Waals surface area contributed by atoms with Gasteiger partial charge in [-0.1, -0.05) is 6.92 Å². The Morgan fingerprint density at radius 2 is 2.15 bits per heavy atom.